The number of ether oxygens (including phenoxy) is 1. The molecule has 146 valence electrons. The summed E-state index contributed by atoms with van der Waals surface area (Å²) in [5, 5.41) is 24.2. The van der Waals surface area contributed by atoms with E-state index in [1.165, 1.54) is 18.2 Å². The number of fused-ring (bicyclic) bond motifs is 1. The number of carbonyl (C=O) groups excluding carboxylic acids is 4. The Morgan fingerprint density at radius 2 is 2.03 bits per heavy atom. The van der Waals surface area contributed by atoms with E-state index in [4.69, 9.17) is 10.00 Å². The fourth-order valence-electron chi connectivity index (χ4n) is 2.59. The summed E-state index contributed by atoms with van der Waals surface area (Å²) >= 11 is 1.11. The zero-order valence-corrected chi connectivity index (χ0v) is 15.2. The Labute approximate surface area is 166 Å². The predicted molar refractivity (Wildman–Crippen MR) is 97.1 cm³/mol. The highest BCUT2D eigenvalue weighted by atomic mass is 32.1. The van der Waals surface area contributed by atoms with Gasteiger partial charge in [0.2, 0.25) is 0 Å². The van der Waals surface area contributed by atoms with Gasteiger partial charge in [-0.05, 0) is 17.5 Å². The molecular weight excluding hydrogens is 404 g/mol. The lowest BCUT2D eigenvalue weighted by atomic mass is 10.1. The molecule has 0 saturated heterocycles. The molecule has 0 fully saturated rings. The van der Waals surface area contributed by atoms with Crippen molar-refractivity contribution in [3.05, 3.63) is 56.5 Å². The fraction of sp³-hybridized carbons (Fsp3) is 0.118. The first-order chi connectivity index (χ1) is 13.8. The number of amides is 3. The molecule has 1 aromatic carbocycles. The summed E-state index contributed by atoms with van der Waals surface area (Å²) in [5.41, 5.74) is -0.867. The van der Waals surface area contributed by atoms with Gasteiger partial charge in [-0.25, -0.2) is 0 Å². The minimum Gasteiger partial charge on any atom is -0.454 e. The Hall–Kier alpha value is -4.11. The maximum absolute atomic E-state index is 12.4. The van der Waals surface area contributed by atoms with Crippen LogP contribution < -0.4 is 5.32 Å². The first kappa shape index (κ1) is 19.6. The monoisotopic (exact) mass is 414 g/mol. The third kappa shape index (κ3) is 3.80. The number of imide groups is 1. The number of nitro groups is 1. The maximum Gasteiger partial charge on any atom is 0.326 e. The largest absolute Gasteiger partial charge is 0.454 e. The molecule has 2 aromatic rings. The maximum atomic E-state index is 12.4. The van der Waals surface area contributed by atoms with E-state index in [0.29, 0.717) is 9.90 Å². The molecule has 3 rings (SSSR count). The van der Waals surface area contributed by atoms with Crippen LogP contribution >= 0.6 is 11.3 Å². The second-order valence-electron chi connectivity index (χ2n) is 5.64. The molecule has 2 heterocycles. The van der Waals surface area contributed by atoms with Crippen molar-refractivity contribution in [3.63, 3.8) is 0 Å². The second-order valence-corrected chi connectivity index (χ2v) is 6.55. The zero-order valence-electron chi connectivity index (χ0n) is 14.4. The molecular formula is C17H10N4O7S. The van der Waals surface area contributed by atoms with E-state index < -0.39 is 53.0 Å². The van der Waals surface area contributed by atoms with E-state index in [0.717, 1.165) is 17.4 Å². The Kier molecular flexibility index (Phi) is 5.33. The van der Waals surface area contributed by atoms with Gasteiger partial charge in [0.1, 0.15) is 23.2 Å². The van der Waals surface area contributed by atoms with Crippen molar-refractivity contribution in [2.75, 3.05) is 18.5 Å². The molecule has 12 heteroatoms. The van der Waals surface area contributed by atoms with E-state index in [1.807, 2.05) is 6.07 Å². The van der Waals surface area contributed by atoms with Gasteiger partial charge < -0.3 is 10.1 Å². The summed E-state index contributed by atoms with van der Waals surface area (Å²) in [7, 11) is 0. The number of nitro benzene ring substituents is 1. The Bertz CT molecular complexity index is 1100. The third-order valence-electron chi connectivity index (χ3n) is 3.86. The summed E-state index contributed by atoms with van der Waals surface area (Å²) < 4.78 is 4.75. The van der Waals surface area contributed by atoms with Crippen molar-refractivity contribution in [1.29, 1.82) is 5.26 Å². The van der Waals surface area contributed by atoms with Gasteiger partial charge in [-0.3, -0.25) is 34.2 Å². The fourth-order valence-corrected chi connectivity index (χ4v) is 3.34. The molecule has 0 atom stereocenters. The number of nitrogens with one attached hydrogen (secondary N) is 1. The van der Waals surface area contributed by atoms with Crippen LogP contribution in [0.5, 0.6) is 0 Å². The predicted octanol–water partition coefficient (Wildman–Crippen LogP) is 1.31. The molecule has 1 N–H and O–H groups in total. The summed E-state index contributed by atoms with van der Waals surface area (Å²) in [6.45, 7) is -1.51. The Morgan fingerprint density at radius 3 is 2.72 bits per heavy atom. The van der Waals surface area contributed by atoms with Gasteiger partial charge in [0.15, 0.2) is 6.61 Å². The Morgan fingerprint density at radius 1 is 1.28 bits per heavy atom. The lowest BCUT2D eigenvalue weighted by Gasteiger charge is -2.12. The number of benzene rings is 1. The molecule has 0 spiro atoms. The minimum absolute atomic E-state index is 0.184. The highest BCUT2D eigenvalue weighted by Gasteiger charge is 2.41. The molecule has 0 saturated carbocycles. The van der Waals surface area contributed by atoms with Crippen LogP contribution in [0.3, 0.4) is 0 Å². The number of nitrogens with zero attached hydrogens (tertiary/aromatic N) is 3. The van der Waals surface area contributed by atoms with Crippen LogP contribution in [-0.2, 0) is 14.3 Å². The summed E-state index contributed by atoms with van der Waals surface area (Å²) in [4.78, 5) is 59.3. The average molecular weight is 414 g/mol. The van der Waals surface area contributed by atoms with Crippen LogP contribution in [0.1, 0.15) is 26.3 Å². The number of esters is 1. The van der Waals surface area contributed by atoms with E-state index in [1.54, 1.807) is 5.38 Å². The normalized spacial score (nSPS) is 12.3. The smallest absolute Gasteiger partial charge is 0.326 e. The topological polar surface area (TPSA) is 160 Å². The number of hydrogen-bond acceptors (Lipinski definition) is 9. The van der Waals surface area contributed by atoms with Crippen LogP contribution in [0.2, 0.25) is 0 Å². The first-order valence-corrected chi connectivity index (χ1v) is 8.78. The van der Waals surface area contributed by atoms with Gasteiger partial charge >= 0.3 is 5.97 Å². The number of anilines is 1. The highest BCUT2D eigenvalue weighted by molar-refractivity contribution is 7.14. The van der Waals surface area contributed by atoms with Gasteiger partial charge in [-0.15, -0.1) is 11.3 Å². The SMILES string of the molecule is N#Cc1ccsc1NC(=O)COC(=O)CN1C(=O)c2cccc([N+](=O)[O-])c2C1=O. The molecule has 3 amide bonds. The summed E-state index contributed by atoms with van der Waals surface area (Å²) in [6.07, 6.45) is 0. The average Bonchev–Trinajstić information content (AvgIpc) is 3.24. The lowest BCUT2D eigenvalue weighted by molar-refractivity contribution is -0.385. The van der Waals surface area contributed by atoms with Crippen LogP contribution in [-0.4, -0.2) is 46.7 Å². The third-order valence-corrected chi connectivity index (χ3v) is 4.69. The van der Waals surface area contributed by atoms with Crippen molar-refractivity contribution in [2.45, 2.75) is 0 Å². The van der Waals surface area contributed by atoms with E-state index in [2.05, 4.69) is 5.32 Å². The van der Waals surface area contributed by atoms with Crippen molar-refractivity contribution >= 4 is 45.7 Å². The molecule has 0 unspecified atom stereocenters. The number of rotatable bonds is 6. The molecule has 11 nitrogen and oxygen atoms in total. The van der Waals surface area contributed by atoms with Gasteiger partial charge in [-0.1, -0.05) is 6.07 Å². The molecule has 1 aliphatic rings. The zero-order chi connectivity index (χ0) is 21.1. The van der Waals surface area contributed by atoms with Crippen molar-refractivity contribution in [3.8, 4) is 6.07 Å². The Balaban J connectivity index is 1.61. The minimum atomic E-state index is -1.05. The molecule has 1 aromatic heterocycles. The van der Waals surface area contributed by atoms with Crippen molar-refractivity contribution in [1.82, 2.24) is 4.90 Å². The van der Waals surface area contributed by atoms with E-state index >= 15 is 0 Å². The van der Waals surface area contributed by atoms with Gasteiger partial charge in [0.05, 0.1) is 16.1 Å². The van der Waals surface area contributed by atoms with Gasteiger partial charge in [0, 0.05) is 6.07 Å². The number of nitriles is 1. The van der Waals surface area contributed by atoms with Crippen LogP contribution in [0, 0.1) is 21.4 Å². The van der Waals surface area contributed by atoms with Crippen LogP contribution in [0.4, 0.5) is 10.7 Å². The van der Waals surface area contributed by atoms with Gasteiger partial charge in [-0.2, -0.15) is 5.26 Å². The summed E-state index contributed by atoms with van der Waals surface area (Å²) in [5.74, 6) is -3.62. The van der Waals surface area contributed by atoms with Gasteiger partial charge in [0.25, 0.3) is 23.4 Å². The highest BCUT2D eigenvalue weighted by Crippen LogP contribution is 2.30. The van der Waals surface area contributed by atoms with Crippen molar-refractivity contribution < 1.29 is 28.8 Å². The number of carbonyl (C=O) groups is 4. The molecule has 0 bridgehead atoms. The molecule has 0 radical (unpaired) electrons. The van der Waals surface area contributed by atoms with Crippen LogP contribution in [0.15, 0.2) is 29.6 Å². The lowest BCUT2D eigenvalue weighted by Crippen LogP contribution is -2.36. The number of hydrogen-bond donors (Lipinski definition) is 1. The van der Waals surface area contributed by atoms with Crippen molar-refractivity contribution in [2.24, 2.45) is 0 Å². The first-order valence-electron chi connectivity index (χ1n) is 7.90. The quantitative estimate of drug-likeness (QED) is 0.320. The van der Waals surface area contributed by atoms with E-state index in [9.17, 15) is 29.3 Å². The number of thiophene rings is 1. The molecule has 29 heavy (non-hydrogen) atoms. The standard InChI is InChI=1S/C17H10N4O7S/c18-6-9-4-5-29-15(9)19-12(22)8-28-13(23)7-20-16(24)10-2-1-3-11(21(26)27)14(10)17(20)25/h1-5H,7-8H2,(H,19,22). The van der Waals surface area contributed by atoms with Crippen LogP contribution in [0.25, 0.3) is 0 Å². The summed E-state index contributed by atoms with van der Waals surface area (Å²) in [6, 6.07) is 6.97. The molecule has 1 aliphatic heterocycles. The second kappa shape index (κ2) is 7.87. The molecule has 0 aliphatic carbocycles. The van der Waals surface area contributed by atoms with E-state index in [-0.39, 0.29) is 11.1 Å².